The number of hydrogen-bond donors (Lipinski definition) is 4. The number of aliphatic hydroxyl groups is 1. The summed E-state index contributed by atoms with van der Waals surface area (Å²) in [7, 11) is 1.52. The summed E-state index contributed by atoms with van der Waals surface area (Å²) < 4.78 is 40.1. The number of rotatable bonds is 14. The van der Waals surface area contributed by atoms with E-state index in [1.165, 1.54) is 19.2 Å². The summed E-state index contributed by atoms with van der Waals surface area (Å²) in [5.74, 6) is 0.0702. The lowest BCUT2D eigenvalue weighted by atomic mass is 10.1. The molecule has 0 radical (unpaired) electrons. The molecule has 2 heterocycles. The van der Waals surface area contributed by atoms with Crippen LogP contribution in [0.25, 0.3) is 0 Å². The van der Waals surface area contributed by atoms with Gasteiger partial charge < -0.3 is 35.4 Å². The molecule has 3 aromatic rings. The standard InChI is InChI=1S/C29H37F2N7O4/c1-18(2)16-37(6-7-39)5-4-8-42-26-15-24-23(14-25(26)41-3)29(34-28-13-21(35-36-28)12-27(32)40)38(17-33-24)22-10-19(30)9-20(31)11-22/h9-11,13-15,18,33,39H,4-8,12,16-17H2,1-3H3,(H2,32,40)(H,35,36). The summed E-state index contributed by atoms with van der Waals surface area (Å²) in [6.07, 6.45) is 0.706. The number of aromatic nitrogens is 2. The lowest BCUT2D eigenvalue weighted by Crippen LogP contribution is -2.40. The molecule has 0 saturated carbocycles. The smallest absolute Gasteiger partial charge is 0.223 e. The number of aliphatic imine (C=N–C) groups is 1. The quantitative estimate of drug-likeness (QED) is 0.211. The maximum atomic E-state index is 14.2. The van der Waals surface area contributed by atoms with E-state index in [9.17, 15) is 18.7 Å². The third-order valence-corrected chi connectivity index (χ3v) is 6.51. The number of carbonyl (C=O) groups excluding carboxylic acids is 1. The number of benzene rings is 2. The van der Waals surface area contributed by atoms with Gasteiger partial charge in [-0.05, 0) is 30.5 Å². The maximum Gasteiger partial charge on any atom is 0.223 e. The SMILES string of the molecule is COc1cc2c(cc1OCCCN(CCO)CC(C)C)NCN(c1cc(F)cc(F)c1)C2=Nc1cc(CC(N)=O)[nH]n1. The highest BCUT2D eigenvalue weighted by Gasteiger charge is 2.27. The molecule has 0 atom stereocenters. The Hall–Kier alpha value is -4.23. The van der Waals surface area contributed by atoms with Crippen molar-refractivity contribution in [1.82, 2.24) is 15.1 Å². The van der Waals surface area contributed by atoms with Crippen molar-refractivity contribution in [3.8, 4) is 11.5 Å². The number of H-pyrrole nitrogens is 1. The Balaban J connectivity index is 1.63. The minimum absolute atomic E-state index is 0.0431. The number of aliphatic hydroxyl groups excluding tert-OH is 1. The van der Waals surface area contributed by atoms with Gasteiger partial charge in [0.1, 0.15) is 17.5 Å². The van der Waals surface area contributed by atoms with Crippen LogP contribution in [0.15, 0.2) is 41.4 Å². The van der Waals surface area contributed by atoms with Gasteiger partial charge in [-0.1, -0.05) is 13.8 Å². The van der Waals surface area contributed by atoms with Crippen LogP contribution < -0.4 is 25.4 Å². The van der Waals surface area contributed by atoms with Gasteiger partial charge in [0.15, 0.2) is 17.3 Å². The summed E-state index contributed by atoms with van der Waals surface area (Å²) in [5, 5.41) is 19.5. The first-order valence-corrected chi connectivity index (χ1v) is 13.7. The Morgan fingerprint density at radius 1 is 1.17 bits per heavy atom. The zero-order valence-corrected chi connectivity index (χ0v) is 24.0. The van der Waals surface area contributed by atoms with Gasteiger partial charge in [-0.25, -0.2) is 13.8 Å². The average molecular weight is 586 g/mol. The fourth-order valence-electron chi connectivity index (χ4n) is 4.79. The Bertz CT molecular complexity index is 1390. The van der Waals surface area contributed by atoms with Crippen LogP contribution in [0.3, 0.4) is 0 Å². The summed E-state index contributed by atoms with van der Waals surface area (Å²) in [4.78, 5) is 19.9. The van der Waals surface area contributed by atoms with Crippen LogP contribution in [-0.4, -0.2) is 78.6 Å². The number of fused-ring (bicyclic) bond motifs is 1. The Labute approximate surface area is 243 Å². The zero-order valence-electron chi connectivity index (χ0n) is 24.0. The van der Waals surface area contributed by atoms with E-state index in [2.05, 4.69) is 39.3 Å². The number of methoxy groups -OCH3 is 1. The average Bonchev–Trinajstić information content (AvgIpc) is 3.36. The van der Waals surface area contributed by atoms with Gasteiger partial charge in [-0.15, -0.1) is 0 Å². The normalized spacial score (nSPS) is 13.9. The fraction of sp³-hybridized carbons (Fsp3) is 0.414. The molecule has 5 N–H and O–H groups in total. The van der Waals surface area contributed by atoms with Crippen molar-refractivity contribution >= 4 is 28.9 Å². The third kappa shape index (κ3) is 7.95. The van der Waals surface area contributed by atoms with E-state index in [-0.39, 0.29) is 31.2 Å². The molecular formula is C29H37F2N7O4. The van der Waals surface area contributed by atoms with Crippen molar-refractivity contribution < 1.29 is 28.2 Å². The first kappa shape index (κ1) is 30.7. The molecule has 0 bridgehead atoms. The van der Waals surface area contributed by atoms with Crippen molar-refractivity contribution in [2.45, 2.75) is 26.7 Å². The van der Waals surface area contributed by atoms with Crippen LogP contribution >= 0.6 is 0 Å². The number of nitrogens with one attached hydrogen (secondary N) is 2. The van der Waals surface area contributed by atoms with Gasteiger partial charge in [0.2, 0.25) is 5.91 Å². The molecule has 42 heavy (non-hydrogen) atoms. The van der Waals surface area contributed by atoms with Crippen molar-refractivity contribution in [3.63, 3.8) is 0 Å². The van der Waals surface area contributed by atoms with Gasteiger partial charge in [-0.3, -0.25) is 9.89 Å². The highest BCUT2D eigenvalue weighted by Crippen LogP contribution is 2.38. The molecule has 0 unspecified atom stereocenters. The second kappa shape index (κ2) is 14.1. The molecule has 0 fully saturated rings. The zero-order chi connectivity index (χ0) is 30.2. The molecule has 0 saturated heterocycles. The molecule has 226 valence electrons. The van der Waals surface area contributed by atoms with Gasteiger partial charge in [-0.2, -0.15) is 5.10 Å². The number of carbonyl (C=O) groups is 1. The first-order valence-electron chi connectivity index (χ1n) is 13.7. The van der Waals surface area contributed by atoms with Crippen LogP contribution in [0.1, 0.15) is 31.5 Å². The molecule has 13 heteroatoms. The lowest BCUT2D eigenvalue weighted by molar-refractivity contribution is -0.117. The highest BCUT2D eigenvalue weighted by molar-refractivity contribution is 6.16. The molecule has 1 aliphatic heterocycles. The van der Waals surface area contributed by atoms with E-state index in [1.54, 1.807) is 23.1 Å². The van der Waals surface area contributed by atoms with Crippen molar-refractivity contribution in [1.29, 1.82) is 0 Å². The van der Waals surface area contributed by atoms with E-state index in [0.29, 0.717) is 53.3 Å². The van der Waals surface area contributed by atoms with E-state index in [0.717, 1.165) is 25.6 Å². The molecule has 1 amide bonds. The van der Waals surface area contributed by atoms with Crippen LogP contribution in [0.4, 0.5) is 26.0 Å². The number of amidine groups is 1. The predicted molar refractivity (Wildman–Crippen MR) is 156 cm³/mol. The van der Waals surface area contributed by atoms with Crippen molar-refractivity contribution in [2.24, 2.45) is 16.6 Å². The van der Waals surface area contributed by atoms with Crippen LogP contribution in [0.5, 0.6) is 11.5 Å². The molecule has 11 nitrogen and oxygen atoms in total. The number of anilines is 2. The minimum Gasteiger partial charge on any atom is -0.493 e. The topological polar surface area (TPSA) is 141 Å². The van der Waals surface area contributed by atoms with Gasteiger partial charge >= 0.3 is 0 Å². The molecule has 1 aliphatic rings. The van der Waals surface area contributed by atoms with Crippen LogP contribution in [-0.2, 0) is 11.2 Å². The summed E-state index contributed by atoms with van der Waals surface area (Å²) in [6.45, 7) is 7.24. The highest BCUT2D eigenvalue weighted by atomic mass is 19.1. The van der Waals surface area contributed by atoms with Crippen LogP contribution in [0.2, 0.25) is 0 Å². The molecule has 4 rings (SSSR count). The molecule has 0 spiro atoms. The number of amides is 1. The number of ether oxygens (including phenoxy) is 2. The van der Waals surface area contributed by atoms with Gasteiger partial charge in [0.05, 0.1) is 44.8 Å². The van der Waals surface area contributed by atoms with Crippen molar-refractivity contribution in [3.05, 3.63) is 59.3 Å². The fourth-order valence-corrected chi connectivity index (χ4v) is 4.79. The van der Waals surface area contributed by atoms with Gasteiger partial charge in [0, 0.05) is 49.1 Å². The predicted octanol–water partition coefficient (Wildman–Crippen LogP) is 3.41. The Morgan fingerprint density at radius 3 is 2.60 bits per heavy atom. The van der Waals surface area contributed by atoms with Crippen LogP contribution in [0, 0.1) is 17.6 Å². The number of halogens is 2. The molecular weight excluding hydrogens is 548 g/mol. The second-order valence-corrected chi connectivity index (χ2v) is 10.4. The summed E-state index contributed by atoms with van der Waals surface area (Å²) in [6, 6.07) is 8.35. The summed E-state index contributed by atoms with van der Waals surface area (Å²) >= 11 is 0. The number of nitrogens with zero attached hydrogens (tertiary/aromatic N) is 4. The first-order chi connectivity index (χ1) is 20.2. The largest absolute Gasteiger partial charge is 0.493 e. The molecule has 0 aliphatic carbocycles. The van der Waals surface area contributed by atoms with E-state index in [4.69, 9.17) is 15.2 Å². The minimum atomic E-state index is -0.731. The maximum absolute atomic E-state index is 14.2. The van der Waals surface area contributed by atoms with E-state index in [1.807, 2.05) is 0 Å². The number of hydrogen-bond acceptors (Lipinski definition) is 8. The molecule has 2 aromatic carbocycles. The number of aromatic amines is 1. The number of primary amides is 1. The lowest BCUT2D eigenvalue weighted by Gasteiger charge is -2.33. The Kier molecular flexibility index (Phi) is 10.3. The number of nitrogens with two attached hydrogens (primary N) is 1. The second-order valence-electron chi connectivity index (χ2n) is 10.4. The monoisotopic (exact) mass is 585 g/mol. The Morgan fingerprint density at radius 2 is 1.93 bits per heavy atom. The molecule has 1 aromatic heterocycles. The van der Waals surface area contributed by atoms with E-state index >= 15 is 0 Å². The van der Waals surface area contributed by atoms with Gasteiger partial charge in [0.25, 0.3) is 0 Å². The van der Waals surface area contributed by atoms with Crippen molar-refractivity contribution in [2.75, 3.05) is 56.8 Å². The van der Waals surface area contributed by atoms with E-state index < -0.39 is 17.5 Å². The third-order valence-electron chi connectivity index (χ3n) is 6.51. The summed E-state index contributed by atoms with van der Waals surface area (Å²) in [5.41, 5.74) is 7.27.